The fourth-order valence-corrected chi connectivity index (χ4v) is 4.98. The third-order valence-electron chi connectivity index (χ3n) is 7.12. The third kappa shape index (κ3) is 4.86. The summed E-state index contributed by atoms with van der Waals surface area (Å²) in [7, 11) is 3.35. The van der Waals surface area contributed by atoms with Gasteiger partial charge in [-0.3, -0.25) is 14.3 Å². The van der Waals surface area contributed by atoms with E-state index in [9.17, 15) is 19.8 Å². The molecule has 2 aromatic carbocycles. The zero-order valence-corrected chi connectivity index (χ0v) is 22.3. The maximum absolute atomic E-state index is 13.1. The van der Waals surface area contributed by atoms with Crippen LogP contribution in [0.15, 0.2) is 67.0 Å². The van der Waals surface area contributed by atoms with E-state index in [-0.39, 0.29) is 18.2 Å². The quantitative estimate of drug-likeness (QED) is 0.275. The van der Waals surface area contributed by atoms with Crippen molar-refractivity contribution in [2.45, 2.75) is 18.4 Å². The van der Waals surface area contributed by atoms with E-state index < -0.39 is 17.8 Å². The van der Waals surface area contributed by atoms with Crippen LogP contribution < -0.4 is 15.4 Å². The highest BCUT2D eigenvalue weighted by Gasteiger charge is 2.48. The van der Waals surface area contributed by atoms with Crippen molar-refractivity contribution in [2.75, 3.05) is 13.7 Å². The fourth-order valence-electron chi connectivity index (χ4n) is 4.98. The van der Waals surface area contributed by atoms with Gasteiger partial charge < -0.3 is 25.2 Å². The number of ether oxygens (including phenoxy) is 1. The topological polar surface area (TPSA) is 142 Å². The van der Waals surface area contributed by atoms with Crippen molar-refractivity contribution in [3.8, 4) is 45.9 Å². The van der Waals surface area contributed by atoms with Crippen molar-refractivity contribution >= 4 is 11.8 Å². The molecule has 41 heavy (non-hydrogen) atoms. The lowest BCUT2D eigenvalue weighted by molar-refractivity contribution is -0.123. The molecule has 4 N–H and O–H groups in total. The summed E-state index contributed by atoms with van der Waals surface area (Å²) in [6.45, 7) is 0.228. The Kier molecular flexibility index (Phi) is 6.42. The van der Waals surface area contributed by atoms with Gasteiger partial charge >= 0.3 is 0 Å². The Morgan fingerprint density at radius 2 is 1.93 bits per heavy atom. The highest BCUT2D eigenvalue weighted by molar-refractivity contribution is 6.00. The number of hydrogen-bond donors (Lipinski definition) is 4. The van der Waals surface area contributed by atoms with Crippen LogP contribution in [0.5, 0.6) is 11.5 Å². The standard InChI is InChI=1S/C30H26N6O5/c1-35-15-21(14-31-35)24-9-10-25(37)26(32-24)19-5-3-18(4-6-19)11-12-30(28(39)33-29(40)34-30)17-36-16-20-7-8-22(41-2)13-23(20)27(36)38/h3-10,13-15,29,34,37,40H,16-17H2,1-2H3,(H,33,39). The van der Waals surface area contributed by atoms with E-state index in [2.05, 4.69) is 32.6 Å². The first kappa shape index (κ1) is 26.1. The Balaban J connectivity index is 1.26. The predicted octanol–water partition coefficient (Wildman–Crippen LogP) is 1.60. The Bertz CT molecular complexity index is 1740. The number of carbonyl (C=O) groups is 2. The van der Waals surface area contributed by atoms with Crippen LogP contribution >= 0.6 is 0 Å². The maximum atomic E-state index is 13.1. The highest BCUT2D eigenvalue weighted by atomic mass is 16.5. The van der Waals surface area contributed by atoms with Gasteiger partial charge in [0.15, 0.2) is 11.9 Å². The molecule has 1 saturated heterocycles. The van der Waals surface area contributed by atoms with Gasteiger partial charge in [-0.25, -0.2) is 10.3 Å². The molecule has 2 aromatic heterocycles. The Morgan fingerprint density at radius 3 is 2.61 bits per heavy atom. The number of pyridine rings is 1. The number of nitrogens with zero attached hydrogens (tertiary/aromatic N) is 4. The van der Waals surface area contributed by atoms with E-state index in [4.69, 9.17) is 4.74 Å². The molecule has 2 amide bonds. The number of aromatic hydroxyl groups is 1. The van der Waals surface area contributed by atoms with Gasteiger partial charge in [0.2, 0.25) is 0 Å². The van der Waals surface area contributed by atoms with Gasteiger partial charge in [-0.1, -0.05) is 30.0 Å². The van der Waals surface area contributed by atoms with Crippen LogP contribution in [0.4, 0.5) is 0 Å². The summed E-state index contributed by atoms with van der Waals surface area (Å²) in [6, 6.07) is 15.6. The number of methoxy groups -OCH3 is 1. The minimum atomic E-state index is -1.53. The van der Waals surface area contributed by atoms with Crippen LogP contribution in [0.1, 0.15) is 21.5 Å². The van der Waals surface area contributed by atoms with Crippen molar-refractivity contribution in [3.05, 3.63) is 83.7 Å². The first-order valence-corrected chi connectivity index (χ1v) is 12.8. The second kappa shape index (κ2) is 10.1. The molecule has 11 nitrogen and oxygen atoms in total. The summed E-state index contributed by atoms with van der Waals surface area (Å²) in [6.07, 6.45) is 2.24. The molecule has 0 bridgehead atoms. The Hall–Kier alpha value is -5.18. The summed E-state index contributed by atoms with van der Waals surface area (Å²) in [5.74, 6) is 5.79. The van der Waals surface area contributed by atoms with Crippen molar-refractivity contribution in [2.24, 2.45) is 7.05 Å². The van der Waals surface area contributed by atoms with Gasteiger partial charge in [0, 0.05) is 42.0 Å². The maximum Gasteiger partial charge on any atom is 0.257 e. The molecule has 2 unspecified atom stereocenters. The van der Waals surface area contributed by atoms with Crippen LogP contribution in [0, 0.1) is 11.8 Å². The van der Waals surface area contributed by atoms with Crippen molar-refractivity contribution < 1.29 is 24.5 Å². The first-order chi connectivity index (χ1) is 19.7. The second-order valence-corrected chi connectivity index (χ2v) is 9.90. The van der Waals surface area contributed by atoms with Gasteiger partial charge in [-0.15, -0.1) is 0 Å². The van der Waals surface area contributed by atoms with E-state index in [1.54, 1.807) is 59.4 Å². The number of aromatic nitrogens is 3. The van der Waals surface area contributed by atoms with E-state index >= 15 is 0 Å². The summed E-state index contributed by atoms with van der Waals surface area (Å²) in [5.41, 5.74) is 2.97. The van der Waals surface area contributed by atoms with Gasteiger partial charge in [-0.2, -0.15) is 5.10 Å². The number of aliphatic hydroxyl groups is 1. The molecule has 206 valence electrons. The average Bonchev–Trinajstić information content (AvgIpc) is 3.62. The molecule has 11 heteroatoms. The van der Waals surface area contributed by atoms with Gasteiger partial charge in [0.1, 0.15) is 17.2 Å². The highest BCUT2D eigenvalue weighted by Crippen LogP contribution is 2.31. The number of nitrogens with one attached hydrogen (secondary N) is 2. The number of aryl methyl sites for hydroxylation is 1. The van der Waals surface area contributed by atoms with Crippen LogP contribution in [0.3, 0.4) is 0 Å². The van der Waals surface area contributed by atoms with Crippen LogP contribution in [0.2, 0.25) is 0 Å². The molecule has 0 aliphatic carbocycles. The Morgan fingerprint density at radius 1 is 1.12 bits per heavy atom. The number of rotatable bonds is 5. The van der Waals surface area contributed by atoms with Crippen LogP contribution in [-0.4, -0.2) is 67.2 Å². The van der Waals surface area contributed by atoms with Gasteiger partial charge in [0.25, 0.3) is 11.8 Å². The van der Waals surface area contributed by atoms with E-state index in [1.165, 1.54) is 12.0 Å². The second-order valence-electron chi connectivity index (χ2n) is 9.90. The monoisotopic (exact) mass is 550 g/mol. The lowest BCUT2D eigenvalue weighted by Gasteiger charge is -2.26. The lowest BCUT2D eigenvalue weighted by atomic mass is 9.98. The van der Waals surface area contributed by atoms with Crippen molar-refractivity contribution in [3.63, 3.8) is 0 Å². The molecule has 1 fully saturated rings. The number of hydrogen-bond acceptors (Lipinski definition) is 8. The largest absolute Gasteiger partial charge is 0.506 e. The average molecular weight is 551 g/mol. The minimum absolute atomic E-state index is 0.0325. The van der Waals surface area contributed by atoms with E-state index in [0.717, 1.165) is 11.1 Å². The zero-order valence-electron chi connectivity index (χ0n) is 22.3. The molecule has 0 radical (unpaired) electrons. The normalized spacial score (nSPS) is 19.5. The van der Waals surface area contributed by atoms with Gasteiger partial charge in [0.05, 0.1) is 25.5 Å². The number of amides is 2. The van der Waals surface area contributed by atoms with Gasteiger partial charge in [-0.05, 0) is 42.0 Å². The summed E-state index contributed by atoms with van der Waals surface area (Å²) in [5, 5.41) is 30.0. The molecule has 2 aliphatic rings. The number of carbonyl (C=O) groups excluding carboxylic acids is 2. The molecular weight excluding hydrogens is 524 g/mol. The Labute approximate surface area is 235 Å². The predicted molar refractivity (Wildman–Crippen MR) is 148 cm³/mol. The summed E-state index contributed by atoms with van der Waals surface area (Å²) in [4.78, 5) is 32.3. The summed E-state index contributed by atoms with van der Waals surface area (Å²) < 4.78 is 6.92. The molecule has 0 spiro atoms. The molecule has 6 rings (SSSR count). The SMILES string of the molecule is COc1ccc2c(c1)C(=O)N(CC1(C#Cc3ccc(-c4nc(-c5cnn(C)c5)ccc4O)cc3)NC(O)NC1=O)C2. The molecular formula is C30H26N6O5. The number of aliphatic hydroxyl groups excluding tert-OH is 1. The number of fused-ring (bicyclic) bond motifs is 1. The fraction of sp³-hybridized carbons (Fsp3) is 0.200. The molecule has 2 atom stereocenters. The molecule has 2 aliphatic heterocycles. The zero-order chi connectivity index (χ0) is 28.7. The molecule has 4 heterocycles. The first-order valence-electron chi connectivity index (χ1n) is 12.8. The van der Waals surface area contributed by atoms with Crippen molar-refractivity contribution in [1.82, 2.24) is 30.3 Å². The minimum Gasteiger partial charge on any atom is -0.506 e. The number of benzene rings is 2. The molecule has 0 saturated carbocycles. The lowest BCUT2D eigenvalue weighted by Crippen LogP contribution is -2.54. The van der Waals surface area contributed by atoms with Crippen LogP contribution in [0.25, 0.3) is 22.5 Å². The van der Waals surface area contributed by atoms with E-state index in [1.807, 2.05) is 19.3 Å². The third-order valence-corrected chi connectivity index (χ3v) is 7.12. The summed E-state index contributed by atoms with van der Waals surface area (Å²) >= 11 is 0. The van der Waals surface area contributed by atoms with E-state index in [0.29, 0.717) is 40.4 Å². The molecule has 4 aromatic rings. The van der Waals surface area contributed by atoms with Crippen LogP contribution in [-0.2, 0) is 18.4 Å². The van der Waals surface area contributed by atoms with Crippen molar-refractivity contribution in [1.29, 1.82) is 0 Å². The smallest absolute Gasteiger partial charge is 0.257 e.